The molecule has 2 unspecified atom stereocenters. The maximum atomic E-state index is 12.9. The van der Waals surface area contributed by atoms with Crippen molar-refractivity contribution in [3.63, 3.8) is 0 Å². The van der Waals surface area contributed by atoms with E-state index in [-0.39, 0.29) is 32.2 Å². The third-order valence-electron chi connectivity index (χ3n) is 17.5. The molecule has 0 N–H and O–H groups in total. The molecule has 0 fully saturated rings. The molecule has 0 saturated heterocycles. The van der Waals surface area contributed by atoms with Crippen molar-refractivity contribution in [2.24, 2.45) is 0 Å². The van der Waals surface area contributed by atoms with Crippen molar-refractivity contribution in [1.29, 1.82) is 0 Å². The first kappa shape index (κ1) is 87.7. The van der Waals surface area contributed by atoms with Crippen molar-refractivity contribution >= 4 is 17.9 Å². The number of carbonyl (C=O) groups excluding carboxylic acids is 3. The van der Waals surface area contributed by atoms with Crippen molar-refractivity contribution < 1.29 is 42.9 Å². The zero-order valence-corrected chi connectivity index (χ0v) is 60.7. The molecule has 0 aromatic heterocycles. The lowest BCUT2D eigenvalue weighted by Gasteiger charge is -2.26. The smallest absolute Gasteiger partial charge is 0.306 e. The zero-order chi connectivity index (χ0) is 66.1. The minimum Gasteiger partial charge on any atom is -0.545 e. The summed E-state index contributed by atoms with van der Waals surface area (Å²) in [5.74, 6) is -2.29. The standard InChI is InChI=1S/C82H149NO8/c1-6-8-10-12-14-16-18-20-22-24-26-28-30-32-33-34-35-36-37-38-39-40-41-42-43-44-45-46-47-49-50-52-54-56-58-60-62-64-66-68-70-72-79(84)89-76-78(77-90-82(81(86)87)88-75-74-83(3,4)5)91-80(85)73-71-69-67-65-63-61-59-57-55-53-51-48-31-29-27-25-23-21-19-17-15-13-11-9-7-2/h9,11,15,17,21,23,27,29,48,51,55,57,78,82H,6-8,10,12-14,16,18-20,22,24-26,28,30-47,49-50,52-54,56,58-77H2,1-5H3/b11-9-,17-15-,23-21-,29-27-,51-48-,57-55-. The summed E-state index contributed by atoms with van der Waals surface area (Å²) in [5.41, 5.74) is 0. The predicted octanol–water partition coefficient (Wildman–Crippen LogP) is 23.5. The van der Waals surface area contributed by atoms with Gasteiger partial charge in [-0.05, 0) is 64.2 Å². The van der Waals surface area contributed by atoms with Gasteiger partial charge in [0.15, 0.2) is 12.4 Å². The van der Waals surface area contributed by atoms with Gasteiger partial charge < -0.3 is 33.3 Å². The molecule has 0 aliphatic carbocycles. The Hall–Kier alpha value is -3.27. The number of allylic oxidation sites excluding steroid dienone is 12. The van der Waals surface area contributed by atoms with Gasteiger partial charge in [-0.15, -0.1) is 0 Å². The molecule has 9 nitrogen and oxygen atoms in total. The minimum atomic E-state index is -1.63. The molecule has 0 aliphatic heterocycles. The van der Waals surface area contributed by atoms with Crippen LogP contribution in [0.2, 0.25) is 0 Å². The minimum absolute atomic E-state index is 0.143. The van der Waals surface area contributed by atoms with Crippen LogP contribution in [0.3, 0.4) is 0 Å². The van der Waals surface area contributed by atoms with E-state index in [9.17, 15) is 19.5 Å². The fourth-order valence-corrected chi connectivity index (χ4v) is 11.5. The van der Waals surface area contributed by atoms with E-state index in [2.05, 4.69) is 86.8 Å². The summed E-state index contributed by atoms with van der Waals surface area (Å²) in [7, 11) is 5.93. The number of carboxylic acid groups (broad SMARTS) is 1. The molecule has 0 rings (SSSR count). The molecule has 0 saturated carbocycles. The molecule has 0 aliphatic rings. The van der Waals surface area contributed by atoms with E-state index in [0.717, 1.165) is 96.3 Å². The van der Waals surface area contributed by atoms with Gasteiger partial charge >= 0.3 is 11.9 Å². The molecule has 0 aromatic carbocycles. The van der Waals surface area contributed by atoms with Gasteiger partial charge in [-0.2, -0.15) is 0 Å². The van der Waals surface area contributed by atoms with Gasteiger partial charge in [0.05, 0.1) is 40.3 Å². The van der Waals surface area contributed by atoms with Gasteiger partial charge in [0.1, 0.15) is 13.2 Å². The highest BCUT2D eigenvalue weighted by molar-refractivity contribution is 5.70. The van der Waals surface area contributed by atoms with Crippen LogP contribution in [0.25, 0.3) is 0 Å². The zero-order valence-electron chi connectivity index (χ0n) is 60.7. The number of hydrogen-bond acceptors (Lipinski definition) is 8. The first-order valence-electron chi connectivity index (χ1n) is 39.1. The third-order valence-corrected chi connectivity index (χ3v) is 17.5. The third kappa shape index (κ3) is 74.0. The predicted molar refractivity (Wildman–Crippen MR) is 389 cm³/mol. The summed E-state index contributed by atoms with van der Waals surface area (Å²) >= 11 is 0. The van der Waals surface area contributed by atoms with Crippen LogP contribution >= 0.6 is 0 Å². The Kier molecular flexibility index (Phi) is 69.9. The Balaban J connectivity index is 3.96. The Labute approximate surface area is 564 Å². The molecule has 0 heterocycles. The second-order valence-corrected chi connectivity index (χ2v) is 27.6. The maximum Gasteiger partial charge on any atom is 0.306 e. The van der Waals surface area contributed by atoms with Gasteiger partial charge in [0.2, 0.25) is 0 Å². The van der Waals surface area contributed by atoms with Crippen LogP contribution in [0, 0.1) is 0 Å². The fourth-order valence-electron chi connectivity index (χ4n) is 11.5. The van der Waals surface area contributed by atoms with Gasteiger partial charge in [-0.25, -0.2) is 0 Å². The second kappa shape index (κ2) is 72.6. The molecule has 0 amide bonds. The maximum absolute atomic E-state index is 12.9. The number of unbranched alkanes of at least 4 members (excludes halogenated alkanes) is 46. The molecular weight excluding hydrogens is 1130 g/mol. The number of ether oxygens (including phenoxy) is 4. The fraction of sp³-hybridized carbons (Fsp3) is 0.817. The molecule has 2 atom stereocenters. The van der Waals surface area contributed by atoms with E-state index in [0.29, 0.717) is 23.9 Å². The highest BCUT2D eigenvalue weighted by atomic mass is 16.7. The Morgan fingerprint density at radius 1 is 0.341 bits per heavy atom. The lowest BCUT2D eigenvalue weighted by Crippen LogP contribution is -2.44. The van der Waals surface area contributed by atoms with E-state index in [1.165, 1.54) is 244 Å². The van der Waals surface area contributed by atoms with Crippen LogP contribution < -0.4 is 5.11 Å². The molecule has 91 heavy (non-hydrogen) atoms. The van der Waals surface area contributed by atoms with Crippen molar-refractivity contribution in [3.8, 4) is 0 Å². The lowest BCUT2D eigenvalue weighted by molar-refractivity contribution is -0.870. The van der Waals surface area contributed by atoms with Crippen LogP contribution in [0.15, 0.2) is 72.9 Å². The molecule has 0 bridgehead atoms. The molecular formula is C82H149NO8. The molecule has 0 spiro atoms. The molecule has 0 aromatic rings. The van der Waals surface area contributed by atoms with E-state index in [4.69, 9.17) is 18.9 Å². The second-order valence-electron chi connectivity index (χ2n) is 27.6. The van der Waals surface area contributed by atoms with E-state index >= 15 is 0 Å². The van der Waals surface area contributed by atoms with Crippen molar-refractivity contribution in [1.82, 2.24) is 0 Å². The first-order chi connectivity index (χ1) is 44.6. The average molecular weight is 1280 g/mol. The Bertz CT molecular complexity index is 1730. The number of rotatable bonds is 73. The average Bonchev–Trinajstić information content (AvgIpc) is 3.46. The number of hydrogen-bond donors (Lipinski definition) is 0. The summed E-state index contributed by atoms with van der Waals surface area (Å²) in [4.78, 5) is 37.5. The van der Waals surface area contributed by atoms with Crippen LogP contribution in [0.5, 0.6) is 0 Å². The summed E-state index contributed by atoms with van der Waals surface area (Å²) in [6.07, 6.45) is 94.7. The monoisotopic (exact) mass is 1280 g/mol. The SMILES string of the molecule is CC/C=C\C/C=C\C/C=C\C/C=C\C/C=C\C/C=C\CCCCCCCCC(=O)OC(COC(=O)CCCCCCCCCCCCCCCCCCCCCCCCCCCCCCCCCCCCCCCCCCC)COC(OCC[N+](C)(C)C)C(=O)[O-]. The molecule has 9 heteroatoms. The number of aliphatic carboxylic acids is 1. The van der Waals surface area contributed by atoms with E-state index in [1.807, 2.05) is 21.1 Å². The highest BCUT2D eigenvalue weighted by Gasteiger charge is 2.22. The summed E-state index contributed by atoms with van der Waals surface area (Å²) in [6.45, 7) is 4.66. The van der Waals surface area contributed by atoms with Gasteiger partial charge in [0, 0.05) is 12.8 Å². The molecule has 0 radical (unpaired) electrons. The topological polar surface area (TPSA) is 111 Å². The number of carbonyl (C=O) groups is 3. The number of quaternary nitrogens is 1. The lowest BCUT2D eigenvalue weighted by atomic mass is 10.0. The Morgan fingerprint density at radius 2 is 0.626 bits per heavy atom. The number of nitrogens with zero attached hydrogens (tertiary/aromatic N) is 1. The summed E-state index contributed by atoms with van der Waals surface area (Å²) in [5, 5.41) is 11.8. The van der Waals surface area contributed by atoms with Gasteiger partial charge in [0.25, 0.3) is 0 Å². The van der Waals surface area contributed by atoms with Crippen molar-refractivity contribution in [3.05, 3.63) is 72.9 Å². The van der Waals surface area contributed by atoms with Crippen molar-refractivity contribution in [2.75, 3.05) is 47.5 Å². The van der Waals surface area contributed by atoms with E-state index in [1.54, 1.807) is 0 Å². The quantitative estimate of drug-likeness (QED) is 0.0195. The van der Waals surface area contributed by atoms with Crippen LogP contribution in [-0.4, -0.2) is 82.3 Å². The largest absolute Gasteiger partial charge is 0.545 e. The number of carboxylic acids is 1. The first-order valence-corrected chi connectivity index (χ1v) is 39.1. The number of likely N-dealkylation sites (N-methyl/N-ethyl adjacent to an activating group) is 1. The van der Waals surface area contributed by atoms with Crippen LogP contribution in [0.4, 0.5) is 0 Å². The summed E-state index contributed by atoms with van der Waals surface area (Å²) in [6, 6.07) is 0. The van der Waals surface area contributed by atoms with Crippen LogP contribution in [0.1, 0.15) is 373 Å². The molecule has 530 valence electrons. The van der Waals surface area contributed by atoms with Crippen molar-refractivity contribution in [2.45, 2.75) is 386 Å². The summed E-state index contributed by atoms with van der Waals surface area (Å²) < 4.78 is 22.8. The Morgan fingerprint density at radius 3 is 0.934 bits per heavy atom. The van der Waals surface area contributed by atoms with Gasteiger partial charge in [-0.1, -0.05) is 369 Å². The van der Waals surface area contributed by atoms with E-state index < -0.39 is 24.3 Å². The normalized spacial score (nSPS) is 13.0. The number of esters is 2. The highest BCUT2D eigenvalue weighted by Crippen LogP contribution is 2.19. The van der Waals surface area contributed by atoms with Gasteiger partial charge in [-0.3, -0.25) is 9.59 Å². The van der Waals surface area contributed by atoms with Crippen LogP contribution in [-0.2, 0) is 33.3 Å².